The second-order valence-electron chi connectivity index (χ2n) is 5.27. The molecule has 0 bridgehead atoms. The van der Waals surface area contributed by atoms with E-state index in [-0.39, 0.29) is 16.7 Å². The van der Waals surface area contributed by atoms with Crippen LogP contribution in [0.5, 0.6) is 5.75 Å². The zero-order valence-electron chi connectivity index (χ0n) is 12.1. The highest BCUT2D eigenvalue weighted by atomic mass is 16.6. The summed E-state index contributed by atoms with van der Waals surface area (Å²) in [6.45, 7) is 4.79. The first-order valence-corrected chi connectivity index (χ1v) is 7.31. The number of rotatable bonds is 8. The number of hydrogen-bond acceptors (Lipinski definition) is 4. The van der Waals surface area contributed by atoms with Crippen LogP contribution in [-0.4, -0.2) is 17.1 Å². The van der Waals surface area contributed by atoms with E-state index >= 15 is 0 Å². The quantitative estimate of drug-likeness (QED) is 0.584. The van der Waals surface area contributed by atoms with Gasteiger partial charge in [0.1, 0.15) is 0 Å². The van der Waals surface area contributed by atoms with Crippen molar-refractivity contribution in [1.29, 1.82) is 0 Å². The van der Waals surface area contributed by atoms with E-state index in [1.54, 1.807) is 18.2 Å². The van der Waals surface area contributed by atoms with E-state index in [2.05, 4.69) is 5.32 Å². The number of nitrogens with zero attached hydrogens (tertiary/aromatic N) is 1. The molecule has 1 aliphatic carbocycles. The van der Waals surface area contributed by atoms with Crippen molar-refractivity contribution in [3.63, 3.8) is 0 Å². The molecule has 1 aromatic rings. The van der Waals surface area contributed by atoms with Gasteiger partial charge in [-0.05, 0) is 37.3 Å². The molecule has 0 saturated heterocycles. The molecule has 0 amide bonds. The van der Waals surface area contributed by atoms with Crippen LogP contribution < -0.4 is 10.1 Å². The smallest absolute Gasteiger partial charge is 0.310 e. The second-order valence-corrected chi connectivity index (χ2v) is 5.27. The van der Waals surface area contributed by atoms with Crippen LogP contribution in [0.3, 0.4) is 0 Å². The van der Waals surface area contributed by atoms with Gasteiger partial charge in [-0.3, -0.25) is 10.1 Å². The Hall–Kier alpha value is -1.62. The molecule has 5 heteroatoms. The summed E-state index contributed by atoms with van der Waals surface area (Å²) in [6, 6.07) is 5.76. The third kappa shape index (κ3) is 3.93. The minimum absolute atomic E-state index is 0.0281. The van der Waals surface area contributed by atoms with E-state index < -0.39 is 0 Å². The number of nitrogens with one attached hydrogen (secondary N) is 1. The number of nitro groups is 1. The normalized spacial score (nSPS) is 14.6. The van der Waals surface area contributed by atoms with Crippen molar-refractivity contribution in [2.24, 2.45) is 0 Å². The van der Waals surface area contributed by atoms with Gasteiger partial charge < -0.3 is 10.1 Å². The average Bonchev–Trinajstić information content (AvgIpc) is 3.26. The fraction of sp³-hybridized carbons (Fsp3) is 0.600. The highest BCUT2D eigenvalue weighted by Crippen LogP contribution is 2.30. The van der Waals surface area contributed by atoms with E-state index in [0.717, 1.165) is 24.9 Å². The van der Waals surface area contributed by atoms with Gasteiger partial charge in [-0.1, -0.05) is 19.9 Å². The second kappa shape index (κ2) is 6.70. The largest absolute Gasteiger partial charge is 0.484 e. The number of ether oxygens (including phenoxy) is 1. The highest BCUT2D eigenvalue weighted by Gasteiger charge is 2.21. The Morgan fingerprint density at radius 3 is 2.65 bits per heavy atom. The molecule has 5 nitrogen and oxygen atoms in total. The molecule has 20 heavy (non-hydrogen) atoms. The van der Waals surface area contributed by atoms with E-state index in [1.165, 1.54) is 12.8 Å². The topological polar surface area (TPSA) is 64.4 Å². The monoisotopic (exact) mass is 278 g/mol. The number of benzene rings is 1. The van der Waals surface area contributed by atoms with Crippen molar-refractivity contribution in [3.8, 4) is 5.75 Å². The van der Waals surface area contributed by atoms with E-state index in [9.17, 15) is 10.1 Å². The van der Waals surface area contributed by atoms with Crippen LogP contribution >= 0.6 is 0 Å². The van der Waals surface area contributed by atoms with Crippen molar-refractivity contribution >= 4 is 5.69 Å². The summed E-state index contributed by atoms with van der Waals surface area (Å²) in [7, 11) is 0. The Morgan fingerprint density at radius 2 is 2.10 bits per heavy atom. The lowest BCUT2D eigenvalue weighted by Crippen LogP contribution is -2.17. The zero-order chi connectivity index (χ0) is 14.5. The Labute approximate surface area is 119 Å². The third-order valence-electron chi connectivity index (χ3n) is 3.60. The van der Waals surface area contributed by atoms with Gasteiger partial charge in [-0.2, -0.15) is 0 Å². The van der Waals surface area contributed by atoms with Crippen molar-refractivity contribution in [2.75, 3.05) is 0 Å². The molecule has 1 fully saturated rings. The average molecular weight is 278 g/mol. The molecule has 0 heterocycles. The molecule has 0 atom stereocenters. The van der Waals surface area contributed by atoms with E-state index in [1.807, 2.05) is 13.8 Å². The molecule has 0 aromatic heterocycles. The Balaban J connectivity index is 2.14. The predicted octanol–water partition coefficient (Wildman–Crippen LogP) is 3.41. The maximum atomic E-state index is 11.1. The zero-order valence-corrected chi connectivity index (χ0v) is 12.1. The van der Waals surface area contributed by atoms with Gasteiger partial charge in [0, 0.05) is 18.7 Å². The first kappa shape index (κ1) is 14.8. The minimum Gasteiger partial charge on any atom is -0.484 e. The van der Waals surface area contributed by atoms with Crippen LogP contribution in [0.25, 0.3) is 0 Å². The van der Waals surface area contributed by atoms with Crippen LogP contribution in [-0.2, 0) is 6.54 Å². The molecule has 0 unspecified atom stereocenters. The number of hydrogen-bond donors (Lipinski definition) is 1. The molecule has 1 aliphatic rings. The third-order valence-corrected chi connectivity index (χ3v) is 3.60. The van der Waals surface area contributed by atoms with E-state index in [0.29, 0.717) is 11.8 Å². The molecule has 1 saturated carbocycles. The Morgan fingerprint density at radius 1 is 1.40 bits per heavy atom. The molecule has 0 spiro atoms. The minimum atomic E-state index is -0.379. The van der Waals surface area contributed by atoms with Gasteiger partial charge >= 0.3 is 5.69 Å². The van der Waals surface area contributed by atoms with Crippen LogP contribution in [0.15, 0.2) is 18.2 Å². The maximum absolute atomic E-state index is 11.1. The molecular weight excluding hydrogens is 256 g/mol. The molecule has 2 rings (SSSR count). The maximum Gasteiger partial charge on any atom is 0.310 e. The summed E-state index contributed by atoms with van der Waals surface area (Å²) < 4.78 is 5.80. The summed E-state index contributed by atoms with van der Waals surface area (Å²) >= 11 is 0. The van der Waals surface area contributed by atoms with Crippen molar-refractivity contribution in [1.82, 2.24) is 5.32 Å². The van der Waals surface area contributed by atoms with Gasteiger partial charge in [0.25, 0.3) is 0 Å². The van der Waals surface area contributed by atoms with Gasteiger partial charge in [0.15, 0.2) is 5.75 Å². The SMILES string of the molecule is CCC(CC)Oc1cc(CNC2CC2)ccc1[N+](=O)[O-]. The fourth-order valence-corrected chi connectivity index (χ4v) is 2.10. The molecule has 1 N–H and O–H groups in total. The Kier molecular flexibility index (Phi) is 4.95. The van der Waals surface area contributed by atoms with Crippen LogP contribution in [0.4, 0.5) is 5.69 Å². The molecular formula is C15H22N2O3. The predicted molar refractivity (Wildman–Crippen MR) is 78.0 cm³/mol. The van der Waals surface area contributed by atoms with Gasteiger partial charge in [0.2, 0.25) is 0 Å². The van der Waals surface area contributed by atoms with Crippen molar-refractivity contribution in [3.05, 3.63) is 33.9 Å². The van der Waals surface area contributed by atoms with Gasteiger partial charge in [-0.15, -0.1) is 0 Å². The van der Waals surface area contributed by atoms with Crippen LogP contribution in [0, 0.1) is 10.1 Å². The first-order chi connectivity index (χ1) is 9.63. The molecule has 0 aliphatic heterocycles. The lowest BCUT2D eigenvalue weighted by Gasteiger charge is -2.16. The highest BCUT2D eigenvalue weighted by molar-refractivity contribution is 5.48. The van der Waals surface area contributed by atoms with Gasteiger partial charge in [-0.25, -0.2) is 0 Å². The fourth-order valence-electron chi connectivity index (χ4n) is 2.10. The first-order valence-electron chi connectivity index (χ1n) is 7.31. The lowest BCUT2D eigenvalue weighted by atomic mass is 10.1. The van der Waals surface area contributed by atoms with Gasteiger partial charge in [0.05, 0.1) is 11.0 Å². The molecule has 110 valence electrons. The standard InChI is InChI=1S/C15H22N2O3/c1-3-13(4-2)20-15-9-11(10-16-12-6-7-12)5-8-14(15)17(18)19/h5,8-9,12-13,16H,3-4,6-7,10H2,1-2H3. The van der Waals surface area contributed by atoms with Crippen molar-refractivity contribution < 1.29 is 9.66 Å². The summed E-state index contributed by atoms with van der Waals surface area (Å²) in [4.78, 5) is 10.7. The van der Waals surface area contributed by atoms with Crippen LogP contribution in [0.1, 0.15) is 45.1 Å². The van der Waals surface area contributed by atoms with E-state index in [4.69, 9.17) is 4.74 Å². The Bertz CT molecular complexity index is 468. The lowest BCUT2D eigenvalue weighted by molar-refractivity contribution is -0.386. The summed E-state index contributed by atoms with van der Waals surface area (Å²) in [5, 5.41) is 14.5. The molecule has 0 radical (unpaired) electrons. The molecule has 1 aromatic carbocycles. The van der Waals surface area contributed by atoms with Crippen LogP contribution in [0.2, 0.25) is 0 Å². The van der Waals surface area contributed by atoms with Crippen molar-refractivity contribution in [2.45, 2.75) is 58.2 Å². The summed E-state index contributed by atoms with van der Waals surface area (Å²) in [5.41, 5.74) is 1.08. The summed E-state index contributed by atoms with van der Waals surface area (Å²) in [6.07, 6.45) is 4.17. The number of nitro benzene ring substituents is 1. The summed E-state index contributed by atoms with van der Waals surface area (Å²) in [5.74, 6) is 0.388.